The van der Waals surface area contributed by atoms with Gasteiger partial charge in [0.15, 0.2) is 9.84 Å². The van der Waals surface area contributed by atoms with E-state index in [4.69, 9.17) is 0 Å². The molecular formula is C18H20BrNO4S. The molecule has 0 aromatic heterocycles. The van der Waals surface area contributed by atoms with E-state index in [-0.39, 0.29) is 11.5 Å². The van der Waals surface area contributed by atoms with Crippen LogP contribution in [0.4, 0.5) is 0 Å². The fourth-order valence-electron chi connectivity index (χ4n) is 2.37. The maximum atomic E-state index is 12.1. The van der Waals surface area contributed by atoms with E-state index in [1.54, 1.807) is 30.3 Å². The number of aryl methyl sites for hydroxylation is 1. The normalized spacial score (nSPS) is 11.2. The molecule has 0 radical (unpaired) electrons. The molecule has 2 N–H and O–H groups in total. The molecule has 0 atom stereocenters. The lowest BCUT2D eigenvalue weighted by molar-refractivity contribution is -0.118. The van der Waals surface area contributed by atoms with Crippen molar-refractivity contribution in [2.45, 2.75) is 18.6 Å². The number of sulfone groups is 1. The van der Waals surface area contributed by atoms with Gasteiger partial charge in [-0.25, -0.2) is 8.42 Å². The third-order valence-corrected chi connectivity index (χ3v) is 5.50. The monoisotopic (exact) mass is 425 g/mol. The number of halogens is 1. The Morgan fingerprint density at radius 3 is 2.48 bits per heavy atom. The Kier molecular flexibility index (Phi) is 7.01. The van der Waals surface area contributed by atoms with Gasteiger partial charge in [0.1, 0.15) is 11.5 Å². The van der Waals surface area contributed by atoms with Crippen LogP contribution in [0.25, 0.3) is 0 Å². The van der Waals surface area contributed by atoms with Crippen molar-refractivity contribution >= 4 is 31.7 Å². The number of hydrogen-bond donors (Lipinski definition) is 2. The summed E-state index contributed by atoms with van der Waals surface area (Å²) >= 11 is 3.30. The number of amides is 1. The highest BCUT2D eigenvalue weighted by atomic mass is 79.9. The maximum absolute atomic E-state index is 12.1. The first kappa shape index (κ1) is 19.5. The van der Waals surface area contributed by atoms with Gasteiger partial charge < -0.3 is 10.4 Å². The van der Waals surface area contributed by atoms with Gasteiger partial charge in [-0.3, -0.25) is 4.79 Å². The summed E-state index contributed by atoms with van der Waals surface area (Å²) in [7, 11) is -3.51. The second-order valence-electron chi connectivity index (χ2n) is 5.78. The van der Waals surface area contributed by atoms with Crippen molar-refractivity contribution in [3.05, 3.63) is 64.1 Å². The Bertz CT molecular complexity index is 819. The Morgan fingerprint density at radius 2 is 1.80 bits per heavy atom. The summed E-state index contributed by atoms with van der Waals surface area (Å²) in [6.07, 6.45) is 1.44. The number of nitrogens with one attached hydrogen (secondary N) is 1. The van der Waals surface area contributed by atoms with Gasteiger partial charge in [-0.05, 0) is 48.2 Å². The molecule has 1 amide bonds. The molecule has 134 valence electrons. The number of carbonyl (C=O) groups is 1. The zero-order valence-electron chi connectivity index (χ0n) is 13.6. The number of phenolic OH excluding ortho intramolecular Hbond substituents is 1. The molecule has 0 saturated carbocycles. The molecule has 2 rings (SSSR count). The van der Waals surface area contributed by atoms with Gasteiger partial charge in [0.2, 0.25) is 5.91 Å². The van der Waals surface area contributed by atoms with E-state index < -0.39 is 21.5 Å². The van der Waals surface area contributed by atoms with Crippen LogP contribution in [0.2, 0.25) is 0 Å². The predicted octanol–water partition coefficient (Wildman–Crippen LogP) is 2.82. The van der Waals surface area contributed by atoms with E-state index in [0.29, 0.717) is 18.5 Å². The van der Waals surface area contributed by atoms with E-state index in [9.17, 15) is 18.3 Å². The smallest absolute Gasteiger partial charge is 0.235 e. The standard InChI is InChI=1S/C18H20BrNO4S/c19-16-5-1-3-15(11-16)12-25(23,24)13-18(22)20-10-2-4-14-6-8-17(21)9-7-14/h1,3,5-9,11,21H,2,4,10,12-13H2,(H,20,22). The van der Waals surface area contributed by atoms with Crippen molar-refractivity contribution in [3.63, 3.8) is 0 Å². The molecular weight excluding hydrogens is 406 g/mol. The Balaban J connectivity index is 1.74. The summed E-state index contributed by atoms with van der Waals surface area (Å²) in [5, 5.41) is 11.9. The summed E-state index contributed by atoms with van der Waals surface area (Å²) in [5.41, 5.74) is 1.70. The minimum atomic E-state index is -3.51. The van der Waals surface area contributed by atoms with Crippen LogP contribution >= 0.6 is 15.9 Å². The highest BCUT2D eigenvalue weighted by molar-refractivity contribution is 9.10. The fourth-order valence-corrected chi connectivity index (χ4v) is 4.10. The van der Waals surface area contributed by atoms with Crippen molar-refractivity contribution in [1.29, 1.82) is 0 Å². The molecule has 0 fully saturated rings. The minimum absolute atomic E-state index is 0.159. The van der Waals surface area contributed by atoms with Crippen LogP contribution in [0, 0.1) is 0 Å². The lowest BCUT2D eigenvalue weighted by atomic mass is 10.1. The lowest BCUT2D eigenvalue weighted by Crippen LogP contribution is -2.31. The van der Waals surface area contributed by atoms with E-state index in [0.717, 1.165) is 16.5 Å². The third kappa shape index (κ3) is 7.27. The molecule has 0 aliphatic rings. The SMILES string of the molecule is O=C(CS(=O)(=O)Cc1cccc(Br)c1)NCCCc1ccc(O)cc1. The zero-order valence-corrected chi connectivity index (χ0v) is 16.0. The zero-order chi connectivity index (χ0) is 18.3. The first-order valence-corrected chi connectivity index (χ1v) is 10.4. The molecule has 0 aliphatic carbocycles. The molecule has 0 aliphatic heterocycles. The molecule has 0 bridgehead atoms. The average Bonchev–Trinajstić information content (AvgIpc) is 2.52. The quantitative estimate of drug-likeness (QED) is 0.636. The van der Waals surface area contributed by atoms with Gasteiger partial charge in [0.05, 0.1) is 5.75 Å². The summed E-state index contributed by atoms with van der Waals surface area (Å²) in [6.45, 7) is 0.409. The summed E-state index contributed by atoms with van der Waals surface area (Å²) < 4.78 is 25.0. The first-order valence-electron chi connectivity index (χ1n) is 7.83. The molecule has 0 saturated heterocycles. The third-order valence-electron chi connectivity index (χ3n) is 3.53. The summed E-state index contributed by atoms with van der Waals surface area (Å²) in [4.78, 5) is 11.8. The van der Waals surface area contributed by atoms with Crippen LogP contribution in [-0.4, -0.2) is 31.7 Å². The lowest BCUT2D eigenvalue weighted by Gasteiger charge is -2.07. The van der Waals surface area contributed by atoms with Crippen molar-refractivity contribution < 1.29 is 18.3 Å². The molecule has 0 heterocycles. The van der Waals surface area contributed by atoms with Crippen molar-refractivity contribution in [2.24, 2.45) is 0 Å². The summed E-state index contributed by atoms with van der Waals surface area (Å²) in [6, 6.07) is 13.9. The number of phenols is 1. The van der Waals surface area contributed by atoms with E-state index in [1.165, 1.54) is 0 Å². The van der Waals surface area contributed by atoms with Gasteiger partial charge in [0.25, 0.3) is 0 Å². The van der Waals surface area contributed by atoms with Crippen molar-refractivity contribution in [2.75, 3.05) is 12.3 Å². The largest absolute Gasteiger partial charge is 0.508 e. The summed E-state index contributed by atoms with van der Waals surface area (Å²) in [5.74, 6) is -0.945. The van der Waals surface area contributed by atoms with Gasteiger partial charge in [0, 0.05) is 11.0 Å². The number of aromatic hydroxyl groups is 1. The predicted molar refractivity (Wildman–Crippen MR) is 101 cm³/mol. The highest BCUT2D eigenvalue weighted by Crippen LogP contribution is 2.14. The van der Waals surface area contributed by atoms with Crippen LogP contribution in [0.3, 0.4) is 0 Å². The second kappa shape index (κ2) is 9.01. The molecule has 25 heavy (non-hydrogen) atoms. The Hall–Kier alpha value is -1.86. The fraction of sp³-hybridized carbons (Fsp3) is 0.278. The Morgan fingerprint density at radius 1 is 1.08 bits per heavy atom. The average molecular weight is 426 g/mol. The van der Waals surface area contributed by atoms with Crippen LogP contribution < -0.4 is 5.32 Å². The van der Waals surface area contributed by atoms with Gasteiger partial charge in [-0.1, -0.05) is 40.2 Å². The van der Waals surface area contributed by atoms with Crippen LogP contribution in [-0.2, 0) is 26.8 Å². The molecule has 0 spiro atoms. The minimum Gasteiger partial charge on any atom is -0.508 e. The highest BCUT2D eigenvalue weighted by Gasteiger charge is 2.17. The topological polar surface area (TPSA) is 83.5 Å². The van der Waals surface area contributed by atoms with E-state index in [2.05, 4.69) is 21.2 Å². The van der Waals surface area contributed by atoms with Crippen molar-refractivity contribution in [3.8, 4) is 5.75 Å². The van der Waals surface area contributed by atoms with Gasteiger partial charge in [-0.15, -0.1) is 0 Å². The molecule has 7 heteroatoms. The molecule has 0 unspecified atom stereocenters. The van der Waals surface area contributed by atoms with Crippen molar-refractivity contribution in [1.82, 2.24) is 5.32 Å². The van der Waals surface area contributed by atoms with Crippen LogP contribution in [0.15, 0.2) is 53.0 Å². The first-order chi connectivity index (χ1) is 11.8. The van der Waals surface area contributed by atoms with Gasteiger partial charge in [-0.2, -0.15) is 0 Å². The number of carbonyl (C=O) groups excluding carboxylic acids is 1. The number of hydrogen-bond acceptors (Lipinski definition) is 4. The Labute approximate surface area is 156 Å². The second-order valence-corrected chi connectivity index (χ2v) is 8.76. The van der Waals surface area contributed by atoms with E-state index >= 15 is 0 Å². The van der Waals surface area contributed by atoms with E-state index in [1.807, 2.05) is 18.2 Å². The molecule has 2 aromatic carbocycles. The molecule has 2 aromatic rings. The van der Waals surface area contributed by atoms with Crippen LogP contribution in [0.1, 0.15) is 17.5 Å². The molecule has 5 nitrogen and oxygen atoms in total. The van der Waals surface area contributed by atoms with Gasteiger partial charge >= 0.3 is 0 Å². The number of rotatable bonds is 8. The number of benzene rings is 2. The maximum Gasteiger partial charge on any atom is 0.235 e. The van der Waals surface area contributed by atoms with Crippen LogP contribution in [0.5, 0.6) is 5.75 Å².